The summed E-state index contributed by atoms with van der Waals surface area (Å²) in [6.45, 7) is 2.78. The smallest absolute Gasteiger partial charge is 0.293 e. The van der Waals surface area contributed by atoms with Gasteiger partial charge in [-0.3, -0.25) is 10.1 Å². The largest absolute Gasteiger partial charge is 0.379 e. The first-order chi connectivity index (χ1) is 8.97. The summed E-state index contributed by atoms with van der Waals surface area (Å²) in [6.07, 6.45) is 4.49. The molecule has 6 heteroatoms. The third kappa shape index (κ3) is 2.88. The second-order valence-corrected chi connectivity index (χ2v) is 5.96. The van der Waals surface area contributed by atoms with E-state index in [2.05, 4.69) is 28.2 Å². The fourth-order valence-corrected chi connectivity index (χ4v) is 2.78. The van der Waals surface area contributed by atoms with Crippen LogP contribution in [0.2, 0.25) is 0 Å². The Bertz CT molecular complexity index is 498. The van der Waals surface area contributed by atoms with Crippen molar-refractivity contribution in [3.63, 3.8) is 0 Å². The van der Waals surface area contributed by atoms with E-state index in [1.807, 2.05) is 0 Å². The number of rotatable bonds is 5. The summed E-state index contributed by atoms with van der Waals surface area (Å²) in [5.74, 6) is -0.493. The maximum atomic E-state index is 13.5. The van der Waals surface area contributed by atoms with E-state index in [0.29, 0.717) is 6.54 Å². The number of benzene rings is 1. The van der Waals surface area contributed by atoms with Gasteiger partial charge in [-0.2, -0.15) is 0 Å². The molecule has 4 nitrogen and oxygen atoms in total. The molecule has 0 aromatic heterocycles. The Kier molecular flexibility index (Phi) is 4.08. The standard InChI is InChI=1S/C13H16BrFN2O2/c1-2-13(4-3-5-13)8-16-11-7-10(15)9(14)6-12(11)17(18)19/h6-7,16H,2-5,8H2,1H3. The summed E-state index contributed by atoms with van der Waals surface area (Å²) >= 11 is 2.97. The Labute approximate surface area is 119 Å². The number of nitro groups is 1. The molecule has 0 amide bonds. The third-order valence-corrected chi connectivity index (χ3v) is 4.66. The molecule has 1 aliphatic carbocycles. The van der Waals surface area contributed by atoms with Gasteiger partial charge in [0.2, 0.25) is 0 Å². The second kappa shape index (κ2) is 5.45. The van der Waals surface area contributed by atoms with Crippen molar-refractivity contribution in [2.75, 3.05) is 11.9 Å². The summed E-state index contributed by atoms with van der Waals surface area (Å²) in [7, 11) is 0. The molecule has 0 unspecified atom stereocenters. The molecule has 0 radical (unpaired) electrons. The van der Waals surface area contributed by atoms with Crippen LogP contribution in [0.4, 0.5) is 15.8 Å². The summed E-state index contributed by atoms with van der Waals surface area (Å²) in [6, 6.07) is 2.39. The molecule has 1 saturated carbocycles. The lowest BCUT2D eigenvalue weighted by Gasteiger charge is -2.41. The van der Waals surface area contributed by atoms with Crippen LogP contribution in [0.5, 0.6) is 0 Å². The number of hydrogen-bond donors (Lipinski definition) is 1. The molecular formula is C13H16BrFN2O2. The topological polar surface area (TPSA) is 55.2 Å². The van der Waals surface area contributed by atoms with Crippen molar-refractivity contribution in [1.82, 2.24) is 0 Å². The molecule has 0 heterocycles. The zero-order chi connectivity index (χ0) is 14.0. The molecule has 1 N–H and O–H groups in total. The van der Waals surface area contributed by atoms with Crippen LogP contribution in [0.25, 0.3) is 0 Å². The molecule has 0 saturated heterocycles. The highest BCUT2D eigenvalue weighted by Crippen LogP contribution is 2.44. The Morgan fingerprint density at radius 2 is 2.21 bits per heavy atom. The Balaban J connectivity index is 2.19. The van der Waals surface area contributed by atoms with Crippen LogP contribution in [0.1, 0.15) is 32.6 Å². The summed E-state index contributed by atoms with van der Waals surface area (Å²) in [5.41, 5.74) is 0.376. The predicted molar refractivity (Wildman–Crippen MR) is 75.8 cm³/mol. The van der Waals surface area contributed by atoms with Gasteiger partial charge in [0.15, 0.2) is 0 Å². The van der Waals surface area contributed by atoms with E-state index in [9.17, 15) is 14.5 Å². The van der Waals surface area contributed by atoms with Crippen molar-refractivity contribution in [3.8, 4) is 0 Å². The Hall–Kier alpha value is -1.17. The molecule has 0 atom stereocenters. The molecule has 0 bridgehead atoms. The third-order valence-electron chi connectivity index (χ3n) is 4.05. The predicted octanol–water partition coefficient (Wildman–Crippen LogP) is 4.49. The highest BCUT2D eigenvalue weighted by Gasteiger charge is 2.35. The zero-order valence-electron chi connectivity index (χ0n) is 10.7. The van der Waals surface area contributed by atoms with Crippen molar-refractivity contribution in [1.29, 1.82) is 0 Å². The maximum Gasteiger partial charge on any atom is 0.293 e. The van der Waals surface area contributed by atoms with Gasteiger partial charge in [-0.05, 0) is 40.6 Å². The maximum absolute atomic E-state index is 13.5. The first kappa shape index (κ1) is 14.2. The molecule has 2 rings (SSSR count). The summed E-state index contributed by atoms with van der Waals surface area (Å²) in [4.78, 5) is 10.5. The van der Waals surface area contributed by atoms with Gasteiger partial charge in [0.05, 0.1) is 9.40 Å². The Morgan fingerprint density at radius 1 is 1.53 bits per heavy atom. The van der Waals surface area contributed by atoms with Crippen LogP contribution < -0.4 is 5.32 Å². The number of nitrogens with one attached hydrogen (secondary N) is 1. The fraction of sp³-hybridized carbons (Fsp3) is 0.538. The molecule has 19 heavy (non-hydrogen) atoms. The molecule has 1 fully saturated rings. The second-order valence-electron chi connectivity index (χ2n) is 5.10. The van der Waals surface area contributed by atoms with E-state index in [1.54, 1.807) is 0 Å². The van der Waals surface area contributed by atoms with Crippen molar-refractivity contribution in [2.24, 2.45) is 5.41 Å². The average molecular weight is 331 g/mol. The quantitative estimate of drug-likeness (QED) is 0.639. The van der Waals surface area contributed by atoms with Crippen molar-refractivity contribution >= 4 is 27.3 Å². The van der Waals surface area contributed by atoms with Gasteiger partial charge in [-0.25, -0.2) is 4.39 Å². The first-order valence-corrected chi connectivity index (χ1v) is 7.14. The molecule has 1 aromatic carbocycles. The van der Waals surface area contributed by atoms with Crippen molar-refractivity contribution in [2.45, 2.75) is 32.6 Å². The monoisotopic (exact) mass is 330 g/mol. The molecule has 104 valence electrons. The lowest BCUT2D eigenvalue weighted by Crippen LogP contribution is -2.36. The minimum Gasteiger partial charge on any atom is -0.379 e. The van der Waals surface area contributed by atoms with Gasteiger partial charge in [-0.1, -0.05) is 13.3 Å². The van der Waals surface area contributed by atoms with E-state index in [4.69, 9.17) is 0 Å². The van der Waals surface area contributed by atoms with Crippen LogP contribution >= 0.6 is 15.9 Å². The SMILES string of the molecule is CCC1(CNc2cc(F)c(Br)cc2[N+](=O)[O-])CCC1. The van der Waals surface area contributed by atoms with E-state index in [-0.39, 0.29) is 21.3 Å². The van der Waals surface area contributed by atoms with E-state index >= 15 is 0 Å². The average Bonchev–Trinajstić information content (AvgIpc) is 2.32. The minimum atomic E-state index is -0.494. The number of anilines is 1. The highest BCUT2D eigenvalue weighted by atomic mass is 79.9. The summed E-state index contributed by atoms with van der Waals surface area (Å²) < 4.78 is 13.6. The zero-order valence-corrected chi connectivity index (χ0v) is 12.3. The highest BCUT2D eigenvalue weighted by molar-refractivity contribution is 9.10. The van der Waals surface area contributed by atoms with Crippen LogP contribution in [0.3, 0.4) is 0 Å². The Morgan fingerprint density at radius 3 is 2.68 bits per heavy atom. The number of nitrogens with zero attached hydrogens (tertiary/aromatic N) is 1. The van der Waals surface area contributed by atoms with Gasteiger partial charge < -0.3 is 5.32 Å². The van der Waals surface area contributed by atoms with Crippen LogP contribution in [-0.2, 0) is 0 Å². The molecule has 0 spiro atoms. The van der Waals surface area contributed by atoms with Gasteiger partial charge in [-0.15, -0.1) is 0 Å². The lowest BCUT2D eigenvalue weighted by molar-refractivity contribution is -0.384. The van der Waals surface area contributed by atoms with Crippen LogP contribution in [0, 0.1) is 21.3 Å². The molecule has 0 aliphatic heterocycles. The minimum absolute atomic E-state index is 0.0983. The van der Waals surface area contributed by atoms with Gasteiger partial charge in [0, 0.05) is 18.7 Å². The first-order valence-electron chi connectivity index (χ1n) is 6.35. The number of halogens is 2. The number of nitro benzene ring substituents is 1. The fourth-order valence-electron chi connectivity index (χ4n) is 2.44. The van der Waals surface area contributed by atoms with Crippen molar-refractivity contribution in [3.05, 3.63) is 32.5 Å². The van der Waals surface area contributed by atoms with E-state index in [0.717, 1.165) is 19.3 Å². The van der Waals surface area contributed by atoms with Gasteiger partial charge in [0.25, 0.3) is 5.69 Å². The molecular weight excluding hydrogens is 315 g/mol. The molecule has 1 aliphatic rings. The summed E-state index contributed by atoms with van der Waals surface area (Å²) in [5, 5.41) is 14.0. The van der Waals surface area contributed by atoms with E-state index < -0.39 is 10.7 Å². The normalized spacial score (nSPS) is 16.8. The van der Waals surface area contributed by atoms with Gasteiger partial charge in [0.1, 0.15) is 11.5 Å². The molecule has 1 aromatic rings. The number of hydrogen-bond acceptors (Lipinski definition) is 3. The van der Waals surface area contributed by atoms with Crippen LogP contribution in [0.15, 0.2) is 16.6 Å². The lowest BCUT2D eigenvalue weighted by atomic mass is 9.67. The van der Waals surface area contributed by atoms with Gasteiger partial charge >= 0.3 is 0 Å². The van der Waals surface area contributed by atoms with Crippen LogP contribution in [-0.4, -0.2) is 11.5 Å². The van der Waals surface area contributed by atoms with Crippen molar-refractivity contribution < 1.29 is 9.31 Å². The van der Waals surface area contributed by atoms with E-state index in [1.165, 1.54) is 18.6 Å².